The minimum absolute atomic E-state index is 0.124. The van der Waals surface area contributed by atoms with Crippen LogP contribution in [0, 0.1) is 0 Å². The Bertz CT molecular complexity index is 843. The molecule has 122 valence electrons. The smallest absolute Gasteiger partial charge is 0.123 e. The molecule has 3 N–H and O–H groups in total. The predicted octanol–water partition coefficient (Wildman–Crippen LogP) is 3.97. The standard InChI is InChI=1S/C20H18O4/c21-17-5-1-3-14(8-17)7-16-10-19(23)12-20(11-16)24-13-15-4-2-6-18(22)9-15/h1-6,8-12,21-23H,7,13H2. The van der Waals surface area contributed by atoms with E-state index in [1.807, 2.05) is 18.2 Å². The van der Waals surface area contributed by atoms with E-state index < -0.39 is 0 Å². The Balaban J connectivity index is 1.73. The zero-order valence-electron chi connectivity index (χ0n) is 13.0. The van der Waals surface area contributed by atoms with E-state index in [4.69, 9.17) is 4.74 Å². The van der Waals surface area contributed by atoms with Crippen LogP contribution in [0.4, 0.5) is 0 Å². The molecule has 0 fully saturated rings. The van der Waals surface area contributed by atoms with Gasteiger partial charge in [0.2, 0.25) is 0 Å². The Labute approximate surface area is 140 Å². The van der Waals surface area contributed by atoms with E-state index in [1.54, 1.807) is 48.5 Å². The summed E-state index contributed by atoms with van der Waals surface area (Å²) in [6.07, 6.45) is 0.575. The zero-order valence-corrected chi connectivity index (χ0v) is 13.0. The van der Waals surface area contributed by atoms with Gasteiger partial charge >= 0.3 is 0 Å². The van der Waals surface area contributed by atoms with Crippen molar-refractivity contribution in [2.75, 3.05) is 0 Å². The molecule has 0 aliphatic rings. The highest BCUT2D eigenvalue weighted by molar-refractivity contribution is 5.41. The average Bonchev–Trinajstić information content (AvgIpc) is 2.52. The van der Waals surface area contributed by atoms with Crippen LogP contribution in [0.2, 0.25) is 0 Å². The lowest BCUT2D eigenvalue weighted by Gasteiger charge is -2.10. The minimum Gasteiger partial charge on any atom is -0.508 e. The second-order valence-corrected chi connectivity index (χ2v) is 5.64. The van der Waals surface area contributed by atoms with E-state index in [0.29, 0.717) is 18.8 Å². The molecule has 24 heavy (non-hydrogen) atoms. The predicted molar refractivity (Wildman–Crippen MR) is 91.5 cm³/mol. The molecule has 3 aromatic carbocycles. The summed E-state index contributed by atoms with van der Waals surface area (Å²) in [5, 5.41) is 28.9. The van der Waals surface area contributed by atoms with E-state index in [-0.39, 0.29) is 17.2 Å². The van der Waals surface area contributed by atoms with E-state index >= 15 is 0 Å². The Morgan fingerprint density at radius 1 is 0.625 bits per heavy atom. The van der Waals surface area contributed by atoms with Gasteiger partial charge in [-0.3, -0.25) is 0 Å². The van der Waals surface area contributed by atoms with Crippen molar-refractivity contribution in [1.29, 1.82) is 0 Å². The Kier molecular flexibility index (Phi) is 4.57. The summed E-state index contributed by atoms with van der Waals surface area (Å²) in [7, 11) is 0. The summed E-state index contributed by atoms with van der Waals surface area (Å²) < 4.78 is 5.71. The lowest BCUT2D eigenvalue weighted by molar-refractivity contribution is 0.303. The van der Waals surface area contributed by atoms with Gasteiger partial charge in [-0.15, -0.1) is 0 Å². The van der Waals surface area contributed by atoms with Gasteiger partial charge in [0.25, 0.3) is 0 Å². The first-order valence-corrected chi connectivity index (χ1v) is 7.60. The zero-order chi connectivity index (χ0) is 16.9. The van der Waals surface area contributed by atoms with Crippen LogP contribution in [0.5, 0.6) is 23.0 Å². The largest absolute Gasteiger partial charge is 0.508 e. The van der Waals surface area contributed by atoms with Gasteiger partial charge in [0.1, 0.15) is 29.6 Å². The summed E-state index contributed by atoms with van der Waals surface area (Å²) in [6.45, 7) is 0.295. The summed E-state index contributed by atoms with van der Waals surface area (Å²) in [5.74, 6) is 1.08. The third-order valence-corrected chi connectivity index (χ3v) is 3.59. The molecule has 0 amide bonds. The Morgan fingerprint density at radius 3 is 1.96 bits per heavy atom. The van der Waals surface area contributed by atoms with Crippen molar-refractivity contribution < 1.29 is 20.1 Å². The first kappa shape index (κ1) is 15.7. The van der Waals surface area contributed by atoms with Crippen molar-refractivity contribution in [3.05, 3.63) is 83.4 Å². The van der Waals surface area contributed by atoms with Crippen LogP contribution >= 0.6 is 0 Å². The Hall–Kier alpha value is -3.14. The number of benzene rings is 3. The van der Waals surface area contributed by atoms with Crippen LogP contribution in [0.25, 0.3) is 0 Å². The van der Waals surface area contributed by atoms with Gasteiger partial charge in [0.05, 0.1) is 0 Å². The molecule has 0 atom stereocenters. The number of hydrogen-bond donors (Lipinski definition) is 3. The molecule has 4 heteroatoms. The molecule has 0 spiro atoms. The van der Waals surface area contributed by atoms with Crippen LogP contribution in [0.15, 0.2) is 66.7 Å². The van der Waals surface area contributed by atoms with Gasteiger partial charge in [0.15, 0.2) is 0 Å². The quantitative estimate of drug-likeness (QED) is 0.665. The van der Waals surface area contributed by atoms with Crippen molar-refractivity contribution >= 4 is 0 Å². The van der Waals surface area contributed by atoms with Crippen molar-refractivity contribution in [3.63, 3.8) is 0 Å². The van der Waals surface area contributed by atoms with Gasteiger partial charge < -0.3 is 20.1 Å². The normalized spacial score (nSPS) is 10.5. The number of phenols is 3. The number of aromatic hydroxyl groups is 3. The van der Waals surface area contributed by atoms with Crippen LogP contribution in [-0.2, 0) is 13.0 Å². The molecular formula is C20H18O4. The van der Waals surface area contributed by atoms with Crippen LogP contribution < -0.4 is 4.74 Å². The summed E-state index contributed by atoms with van der Waals surface area (Å²) in [4.78, 5) is 0. The lowest BCUT2D eigenvalue weighted by atomic mass is 10.0. The number of ether oxygens (including phenoxy) is 1. The first-order valence-electron chi connectivity index (χ1n) is 7.60. The fourth-order valence-corrected chi connectivity index (χ4v) is 2.54. The molecule has 0 aliphatic carbocycles. The van der Waals surface area contributed by atoms with E-state index in [2.05, 4.69) is 0 Å². The van der Waals surface area contributed by atoms with Gasteiger partial charge in [-0.05, 0) is 59.5 Å². The first-order chi connectivity index (χ1) is 11.6. The number of hydrogen-bond acceptors (Lipinski definition) is 4. The van der Waals surface area contributed by atoms with E-state index in [0.717, 1.165) is 16.7 Å². The minimum atomic E-state index is 0.124. The fraction of sp³-hybridized carbons (Fsp3) is 0.100. The average molecular weight is 322 g/mol. The van der Waals surface area contributed by atoms with Gasteiger partial charge in [-0.1, -0.05) is 24.3 Å². The van der Waals surface area contributed by atoms with Crippen molar-refractivity contribution in [2.24, 2.45) is 0 Å². The molecule has 0 aromatic heterocycles. The van der Waals surface area contributed by atoms with Crippen molar-refractivity contribution in [2.45, 2.75) is 13.0 Å². The molecule has 3 aromatic rings. The van der Waals surface area contributed by atoms with Crippen LogP contribution in [-0.4, -0.2) is 15.3 Å². The molecule has 3 rings (SSSR count). The second-order valence-electron chi connectivity index (χ2n) is 5.64. The van der Waals surface area contributed by atoms with Crippen molar-refractivity contribution in [3.8, 4) is 23.0 Å². The molecule has 0 heterocycles. The molecule has 0 aliphatic heterocycles. The van der Waals surface area contributed by atoms with Gasteiger partial charge in [-0.2, -0.15) is 0 Å². The number of rotatable bonds is 5. The highest BCUT2D eigenvalue weighted by atomic mass is 16.5. The molecule has 0 unspecified atom stereocenters. The van der Waals surface area contributed by atoms with E-state index in [1.165, 1.54) is 0 Å². The third kappa shape index (κ3) is 4.20. The molecular weight excluding hydrogens is 304 g/mol. The summed E-state index contributed by atoms with van der Waals surface area (Å²) in [5.41, 5.74) is 2.67. The topological polar surface area (TPSA) is 69.9 Å². The molecule has 0 saturated heterocycles. The van der Waals surface area contributed by atoms with Crippen LogP contribution in [0.3, 0.4) is 0 Å². The lowest BCUT2D eigenvalue weighted by Crippen LogP contribution is -1.96. The van der Waals surface area contributed by atoms with Gasteiger partial charge in [0, 0.05) is 6.07 Å². The highest BCUT2D eigenvalue weighted by Gasteiger charge is 2.05. The van der Waals surface area contributed by atoms with Crippen molar-refractivity contribution in [1.82, 2.24) is 0 Å². The third-order valence-electron chi connectivity index (χ3n) is 3.59. The maximum absolute atomic E-state index is 9.90. The Morgan fingerprint density at radius 2 is 1.25 bits per heavy atom. The van der Waals surface area contributed by atoms with Gasteiger partial charge in [-0.25, -0.2) is 0 Å². The molecule has 0 bridgehead atoms. The monoisotopic (exact) mass is 322 g/mol. The summed E-state index contributed by atoms with van der Waals surface area (Å²) in [6, 6.07) is 18.9. The van der Waals surface area contributed by atoms with E-state index in [9.17, 15) is 15.3 Å². The molecule has 0 saturated carbocycles. The number of phenolic OH excluding ortho intramolecular Hbond substituents is 3. The summed E-state index contributed by atoms with van der Waals surface area (Å²) >= 11 is 0. The SMILES string of the molecule is Oc1cccc(COc2cc(O)cc(Cc3cccc(O)c3)c2)c1. The highest BCUT2D eigenvalue weighted by Crippen LogP contribution is 2.25. The molecule has 0 radical (unpaired) electrons. The maximum atomic E-state index is 9.90. The second kappa shape index (κ2) is 6.96. The fourth-order valence-electron chi connectivity index (χ4n) is 2.54. The maximum Gasteiger partial charge on any atom is 0.123 e. The van der Waals surface area contributed by atoms with Crippen LogP contribution in [0.1, 0.15) is 16.7 Å². The molecule has 4 nitrogen and oxygen atoms in total.